The van der Waals surface area contributed by atoms with Gasteiger partial charge in [0.2, 0.25) is 0 Å². The average Bonchev–Trinajstić information content (AvgIpc) is 3.07. The highest BCUT2D eigenvalue weighted by molar-refractivity contribution is 5.87. The van der Waals surface area contributed by atoms with Gasteiger partial charge in [-0.25, -0.2) is 15.0 Å². The zero-order valence-corrected chi connectivity index (χ0v) is 12.5. The molecule has 0 bridgehead atoms. The molecule has 0 aliphatic rings. The molecule has 7 nitrogen and oxygen atoms in total. The third-order valence-corrected chi connectivity index (χ3v) is 3.06. The Morgan fingerprint density at radius 2 is 1.91 bits per heavy atom. The predicted octanol–water partition coefficient (Wildman–Crippen LogP) is 2.07. The van der Waals surface area contributed by atoms with Gasteiger partial charge in [0, 0.05) is 38.3 Å². The number of amides is 1. The summed E-state index contributed by atoms with van der Waals surface area (Å²) in [6, 6.07) is 9.13. The average molecular weight is 309 g/mol. The topological polar surface area (TPSA) is 73.1 Å². The standard InChI is InChI=1S/C16H15N5O2/c1-13(22)21(16-18-7-2-8-19-16)23-15-5-3-14(4-6-15)11-20-10-9-17-12-20/h2-10,12H,11H2,1H3. The summed E-state index contributed by atoms with van der Waals surface area (Å²) in [5, 5.41) is 1.06. The first-order valence-electron chi connectivity index (χ1n) is 7.03. The Balaban J connectivity index is 1.72. The molecule has 0 aliphatic heterocycles. The Labute approximate surface area is 133 Å². The first-order chi connectivity index (χ1) is 11.2. The lowest BCUT2D eigenvalue weighted by Crippen LogP contribution is -2.33. The Hall–Kier alpha value is -3.22. The SMILES string of the molecule is CC(=O)N(Oc1ccc(Cn2ccnc2)cc1)c1ncccn1. The molecular formula is C16H15N5O2. The van der Waals surface area contributed by atoms with Gasteiger partial charge in [-0.2, -0.15) is 0 Å². The van der Waals surface area contributed by atoms with Crippen molar-refractivity contribution in [3.63, 3.8) is 0 Å². The summed E-state index contributed by atoms with van der Waals surface area (Å²) in [6.07, 6.45) is 8.50. The van der Waals surface area contributed by atoms with Crippen molar-refractivity contribution in [2.24, 2.45) is 0 Å². The number of carbonyl (C=O) groups excluding carboxylic acids is 1. The van der Waals surface area contributed by atoms with Gasteiger partial charge in [0.1, 0.15) is 0 Å². The van der Waals surface area contributed by atoms with Gasteiger partial charge in [-0.05, 0) is 23.8 Å². The number of nitrogens with zero attached hydrogens (tertiary/aromatic N) is 5. The smallest absolute Gasteiger partial charge is 0.267 e. The predicted molar refractivity (Wildman–Crippen MR) is 83.6 cm³/mol. The molecule has 0 aliphatic carbocycles. The maximum absolute atomic E-state index is 11.7. The van der Waals surface area contributed by atoms with Crippen molar-refractivity contribution in [2.75, 3.05) is 5.06 Å². The lowest BCUT2D eigenvalue weighted by molar-refractivity contribution is -0.120. The quantitative estimate of drug-likeness (QED) is 0.675. The number of benzene rings is 1. The fourth-order valence-corrected chi connectivity index (χ4v) is 1.99. The minimum absolute atomic E-state index is 0.197. The van der Waals surface area contributed by atoms with Crippen LogP contribution in [0.4, 0.5) is 5.95 Å². The molecule has 23 heavy (non-hydrogen) atoms. The summed E-state index contributed by atoms with van der Waals surface area (Å²) in [7, 11) is 0. The van der Waals surface area contributed by atoms with Crippen LogP contribution in [0.5, 0.6) is 5.75 Å². The molecule has 0 fully saturated rings. The fourth-order valence-electron chi connectivity index (χ4n) is 1.99. The van der Waals surface area contributed by atoms with Gasteiger partial charge in [0.25, 0.3) is 11.9 Å². The third kappa shape index (κ3) is 3.70. The number of anilines is 1. The Morgan fingerprint density at radius 1 is 1.17 bits per heavy atom. The van der Waals surface area contributed by atoms with Gasteiger partial charge in [-0.1, -0.05) is 12.1 Å². The second kappa shape index (κ2) is 6.69. The van der Waals surface area contributed by atoms with Crippen molar-refractivity contribution < 1.29 is 9.63 Å². The Bertz CT molecular complexity index is 757. The van der Waals surface area contributed by atoms with Gasteiger partial charge < -0.3 is 9.40 Å². The first kappa shape index (κ1) is 14.7. The fraction of sp³-hybridized carbons (Fsp3) is 0.125. The molecule has 0 unspecified atom stereocenters. The maximum atomic E-state index is 11.7. The molecule has 0 N–H and O–H groups in total. The van der Waals surface area contributed by atoms with Crippen LogP contribution < -0.4 is 9.90 Å². The maximum Gasteiger partial charge on any atom is 0.267 e. The van der Waals surface area contributed by atoms with Crippen LogP contribution in [0.25, 0.3) is 0 Å². The lowest BCUT2D eigenvalue weighted by atomic mass is 10.2. The third-order valence-electron chi connectivity index (χ3n) is 3.06. The van der Waals surface area contributed by atoms with Crippen molar-refractivity contribution in [3.8, 4) is 5.75 Å². The van der Waals surface area contributed by atoms with E-state index in [0.29, 0.717) is 5.75 Å². The van der Waals surface area contributed by atoms with E-state index in [-0.39, 0.29) is 11.9 Å². The molecule has 0 saturated heterocycles. The number of carbonyl (C=O) groups is 1. The van der Waals surface area contributed by atoms with Gasteiger partial charge >= 0.3 is 0 Å². The highest BCUT2D eigenvalue weighted by atomic mass is 16.7. The number of hydrogen-bond donors (Lipinski definition) is 0. The zero-order valence-electron chi connectivity index (χ0n) is 12.5. The number of aromatic nitrogens is 4. The van der Waals surface area contributed by atoms with E-state index in [0.717, 1.165) is 17.2 Å². The van der Waals surface area contributed by atoms with Crippen LogP contribution >= 0.6 is 0 Å². The van der Waals surface area contributed by atoms with E-state index in [1.165, 1.54) is 6.92 Å². The molecule has 2 heterocycles. The van der Waals surface area contributed by atoms with Crippen LogP contribution in [0.15, 0.2) is 61.4 Å². The molecule has 1 aromatic carbocycles. The molecule has 2 aromatic heterocycles. The van der Waals surface area contributed by atoms with E-state index in [9.17, 15) is 4.79 Å². The molecule has 0 spiro atoms. The molecule has 0 saturated carbocycles. The molecular weight excluding hydrogens is 294 g/mol. The van der Waals surface area contributed by atoms with Gasteiger partial charge in [0.15, 0.2) is 5.75 Å². The number of hydrogen-bond acceptors (Lipinski definition) is 5. The van der Waals surface area contributed by atoms with Crippen molar-refractivity contribution >= 4 is 11.9 Å². The van der Waals surface area contributed by atoms with E-state index in [2.05, 4.69) is 15.0 Å². The second-order valence-corrected chi connectivity index (χ2v) is 4.83. The van der Waals surface area contributed by atoms with E-state index in [1.807, 2.05) is 22.9 Å². The molecule has 3 rings (SSSR count). The highest BCUT2D eigenvalue weighted by Crippen LogP contribution is 2.17. The van der Waals surface area contributed by atoms with Crippen molar-refractivity contribution in [2.45, 2.75) is 13.5 Å². The van der Waals surface area contributed by atoms with Gasteiger partial charge in [-0.15, -0.1) is 5.06 Å². The molecule has 116 valence electrons. The summed E-state index contributed by atoms with van der Waals surface area (Å²) < 4.78 is 1.97. The summed E-state index contributed by atoms with van der Waals surface area (Å²) >= 11 is 0. The summed E-state index contributed by atoms with van der Waals surface area (Å²) in [6.45, 7) is 2.11. The van der Waals surface area contributed by atoms with Crippen LogP contribution in [0.3, 0.4) is 0 Å². The van der Waals surface area contributed by atoms with Crippen molar-refractivity contribution in [3.05, 3.63) is 67.0 Å². The highest BCUT2D eigenvalue weighted by Gasteiger charge is 2.16. The molecule has 1 amide bonds. The van der Waals surface area contributed by atoms with E-state index >= 15 is 0 Å². The van der Waals surface area contributed by atoms with Crippen LogP contribution in [0.2, 0.25) is 0 Å². The second-order valence-electron chi connectivity index (χ2n) is 4.83. The molecule has 0 atom stereocenters. The Kier molecular flexibility index (Phi) is 4.28. The van der Waals surface area contributed by atoms with Crippen molar-refractivity contribution in [1.82, 2.24) is 19.5 Å². The van der Waals surface area contributed by atoms with E-state index in [1.54, 1.807) is 43.1 Å². The summed E-state index contributed by atoms with van der Waals surface area (Å²) in [5.74, 6) is 0.420. The number of rotatable bonds is 5. The molecule has 7 heteroatoms. The summed E-state index contributed by atoms with van der Waals surface area (Å²) in [4.78, 5) is 29.4. The monoisotopic (exact) mass is 309 g/mol. The summed E-state index contributed by atoms with van der Waals surface area (Å²) in [5.41, 5.74) is 1.10. The van der Waals surface area contributed by atoms with E-state index in [4.69, 9.17) is 4.84 Å². The number of imidazole rings is 1. The van der Waals surface area contributed by atoms with Crippen LogP contribution in [-0.2, 0) is 11.3 Å². The zero-order chi connectivity index (χ0) is 16.1. The normalized spacial score (nSPS) is 10.3. The van der Waals surface area contributed by atoms with Crippen LogP contribution in [0.1, 0.15) is 12.5 Å². The largest absolute Gasteiger partial charge is 0.369 e. The van der Waals surface area contributed by atoms with Crippen LogP contribution in [-0.4, -0.2) is 25.4 Å². The molecule has 0 radical (unpaired) electrons. The van der Waals surface area contributed by atoms with Crippen molar-refractivity contribution in [1.29, 1.82) is 0 Å². The lowest BCUT2D eigenvalue weighted by Gasteiger charge is -2.18. The van der Waals surface area contributed by atoms with Gasteiger partial charge in [0.05, 0.1) is 6.33 Å². The van der Waals surface area contributed by atoms with E-state index < -0.39 is 0 Å². The minimum atomic E-state index is -0.307. The van der Waals surface area contributed by atoms with Crippen LogP contribution in [0, 0.1) is 0 Å². The molecule has 3 aromatic rings. The first-order valence-corrected chi connectivity index (χ1v) is 7.03. The number of hydroxylamine groups is 1. The Morgan fingerprint density at radius 3 is 2.52 bits per heavy atom. The van der Waals surface area contributed by atoms with Gasteiger partial charge in [-0.3, -0.25) is 4.79 Å². The minimum Gasteiger partial charge on any atom is -0.369 e.